The summed E-state index contributed by atoms with van der Waals surface area (Å²) in [6.07, 6.45) is 2.96. The molecular weight excluding hydrogens is 224 g/mol. The maximum absolute atomic E-state index is 5.68. The summed E-state index contributed by atoms with van der Waals surface area (Å²) in [5.41, 5.74) is 1.77. The average Bonchev–Trinajstić information content (AvgIpc) is 2.68. The molecule has 0 atom stereocenters. The number of hydrogen-bond acceptors (Lipinski definition) is 3. The van der Waals surface area contributed by atoms with E-state index >= 15 is 0 Å². The van der Waals surface area contributed by atoms with Gasteiger partial charge >= 0.3 is 0 Å². The minimum atomic E-state index is 0.744. The Kier molecular flexibility index (Phi) is 4.39. The molecule has 0 aliphatic carbocycles. The van der Waals surface area contributed by atoms with Crippen LogP contribution in [0.1, 0.15) is 12.7 Å². The minimum absolute atomic E-state index is 0.744. The quantitative estimate of drug-likeness (QED) is 0.838. The Morgan fingerprint density at radius 1 is 1.50 bits per heavy atom. The zero-order chi connectivity index (χ0) is 13.0. The first-order chi connectivity index (χ1) is 8.65. The number of piperazine rings is 1. The summed E-state index contributed by atoms with van der Waals surface area (Å²) in [6, 6.07) is 2.08. The lowest BCUT2D eigenvalue weighted by Gasteiger charge is -2.26. The van der Waals surface area contributed by atoms with Crippen molar-refractivity contribution in [3.63, 3.8) is 0 Å². The van der Waals surface area contributed by atoms with Crippen LogP contribution in [0.4, 0.5) is 0 Å². The van der Waals surface area contributed by atoms with Crippen molar-refractivity contribution >= 4 is 12.7 Å². The normalized spacial score (nSPS) is 18.2. The molecule has 1 aliphatic rings. The van der Waals surface area contributed by atoms with Crippen LogP contribution in [0.5, 0.6) is 0 Å². The second-order valence-electron chi connectivity index (χ2n) is 4.92. The van der Waals surface area contributed by atoms with Gasteiger partial charge in [-0.2, -0.15) is 0 Å². The average molecular weight is 246 g/mol. The molecule has 2 rings (SSSR count). The molecule has 1 aliphatic heterocycles. The molecule has 0 aromatic carbocycles. The maximum atomic E-state index is 5.68. The second-order valence-corrected chi connectivity index (χ2v) is 4.92. The molecule has 18 heavy (non-hydrogen) atoms. The monoisotopic (exact) mass is 246 g/mol. The fourth-order valence-corrected chi connectivity index (χ4v) is 2.21. The Morgan fingerprint density at radius 2 is 2.22 bits per heavy atom. The summed E-state index contributed by atoms with van der Waals surface area (Å²) < 4.78 is 5.68. The van der Waals surface area contributed by atoms with E-state index in [4.69, 9.17) is 4.42 Å². The lowest BCUT2D eigenvalue weighted by Crippen LogP contribution is -2.44. The Hall–Kier alpha value is -1.32. The van der Waals surface area contributed by atoms with E-state index < -0.39 is 0 Å². The van der Waals surface area contributed by atoms with Crippen molar-refractivity contribution in [2.45, 2.75) is 13.3 Å². The van der Waals surface area contributed by atoms with Gasteiger partial charge in [-0.15, -0.1) is 0 Å². The Bertz CT molecular complexity index is 509. The van der Waals surface area contributed by atoms with Crippen molar-refractivity contribution in [3.8, 4) is 0 Å². The Balaban J connectivity index is 1.97. The van der Waals surface area contributed by atoms with Gasteiger partial charge < -0.3 is 14.6 Å². The van der Waals surface area contributed by atoms with E-state index in [1.54, 1.807) is 0 Å². The summed E-state index contributed by atoms with van der Waals surface area (Å²) in [6.45, 7) is 15.3. The number of allylic oxidation sites excluding steroid dienone is 1. The third-order valence-electron chi connectivity index (χ3n) is 3.18. The topological polar surface area (TPSA) is 28.4 Å². The van der Waals surface area contributed by atoms with Gasteiger partial charge in [0.25, 0.3) is 0 Å². The molecule has 3 heteroatoms. The van der Waals surface area contributed by atoms with Gasteiger partial charge in [0.1, 0.15) is 11.2 Å². The molecule has 98 valence electrons. The SMILES string of the molecule is C=C(C)/C=c1/cc(CCN2CCNCC2)oc1=C. The summed E-state index contributed by atoms with van der Waals surface area (Å²) in [5, 5.41) is 4.41. The molecule has 1 aromatic heterocycles. The molecule has 1 fully saturated rings. The van der Waals surface area contributed by atoms with Crippen LogP contribution in [0.2, 0.25) is 0 Å². The number of nitrogens with one attached hydrogen (secondary N) is 1. The second kappa shape index (κ2) is 6.03. The van der Waals surface area contributed by atoms with Crippen LogP contribution in [-0.2, 0) is 6.42 Å². The molecule has 2 heterocycles. The molecule has 0 unspecified atom stereocenters. The summed E-state index contributed by atoms with van der Waals surface area (Å²) >= 11 is 0. The molecule has 1 saturated heterocycles. The smallest absolute Gasteiger partial charge is 0.127 e. The third kappa shape index (κ3) is 3.59. The van der Waals surface area contributed by atoms with Crippen LogP contribution in [0.15, 0.2) is 22.6 Å². The van der Waals surface area contributed by atoms with Gasteiger partial charge in [-0.05, 0) is 19.1 Å². The molecule has 0 bridgehead atoms. The van der Waals surface area contributed by atoms with Crippen molar-refractivity contribution < 1.29 is 4.42 Å². The van der Waals surface area contributed by atoms with Crippen LogP contribution in [0.25, 0.3) is 12.7 Å². The molecular formula is C15H22N2O. The molecule has 0 saturated carbocycles. The molecule has 1 aromatic rings. The maximum Gasteiger partial charge on any atom is 0.127 e. The van der Waals surface area contributed by atoms with E-state index in [9.17, 15) is 0 Å². The molecule has 1 N–H and O–H groups in total. The standard InChI is InChI=1S/C15H22N2O/c1-12(2)10-14-11-15(18-13(14)3)4-7-17-8-5-16-6-9-17/h10-11,16H,1,3-9H2,2H3/b14-10-. The van der Waals surface area contributed by atoms with Crippen LogP contribution in [0.3, 0.4) is 0 Å². The first kappa shape index (κ1) is 13.1. The van der Waals surface area contributed by atoms with Crippen LogP contribution >= 0.6 is 0 Å². The van der Waals surface area contributed by atoms with E-state index in [0.717, 1.165) is 61.1 Å². The molecule has 3 nitrogen and oxygen atoms in total. The Labute approximate surface area is 108 Å². The highest BCUT2D eigenvalue weighted by atomic mass is 16.3. The van der Waals surface area contributed by atoms with Crippen molar-refractivity contribution in [2.24, 2.45) is 0 Å². The lowest BCUT2D eigenvalue weighted by atomic mass is 10.2. The van der Waals surface area contributed by atoms with Crippen molar-refractivity contribution in [1.82, 2.24) is 10.2 Å². The van der Waals surface area contributed by atoms with Crippen LogP contribution in [0, 0.1) is 0 Å². The van der Waals surface area contributed by atoms with E-state index in [1.165, 1.54) is 0 Å². The summed E-state index contributed by atoms with van der Waals surface area (Å²) in [7, 11) is 0. The number of furan rings is 1. The van der Waals surface area contributed by atoms with Gasteiger partial charge in [0.2, 0.25) is 0 Å². The molecule has 0 radical (unpaired) electrons. The summed E-state index contributed by atoms with van der Waals surface area (Å²) in [4.78, 5) is 2.46. The predicted octanol–water partition coefficient (Wildman–Crippen LogP) is 0.494. The zero-order valence-corrected chi connectivity index (χ0v) is 11.2. The van der Waals surface area contributed by atoms with Gasteiger partial charge in [0.15, 0.2) is 0 Å². The van der Waals surface area contributed by atoms with Gasteiger partial charge in [0, 0.05) is 44.4 Å². The highest BCUT2D eigenvalue weighted by Crippen LogP contribution is 1.99. The summed E-state index contributed by atoms with van der Waals surface area (Å²) in [5.74, 6) is 1.02. The fraction of sp³-hybridized carbons (Fsp3) is 0.467. The highest BCUT2D eigenvalue weighted by molar-refractivity contribution is 5.43. The van der Waals surface area contributed by atoms with Crippen LogP contribution in [-0.4, -0.2) is 37.6 Å². The van der Waals surface area contributed by atoms with Gasteiger partial charge in [-0.25, -0.2) is 0 Å². The van der Waals surface area contributed by atoms with E-state index in [1.807, 2.05) is 13.0 Å². The number of nitrogens with zero attached hydrogens (tertiary/aromatic N) is 1. The third-order valence-corrected chi connectivity index (χ3v) is 3.18. The minimum Gasteiger partial charge on any atom is -0.462 e. The van der Waals surface area contributed by atoms with E-state index in [2.05, 4.69) is 29.4 Å². The zero-order valence-electron chi connectivity index (χ0n) is 11.2. The number of rotatable bonds is 4. The van der Waals surface area contributed by atoms with Crippen molar-refractivity contribution in [3.05, 3.63) is 34.6 Å². The molecule has 0 spiro atoms. The predicted molar refractivity (Wildman–Crippen MR) is 75.8 cm³/mol. The lowest BCUT2D eigenvalue weighted by molar-refractivity contribution is 0.238. The van der Waals surface area contributed by atoms with E-state index in [-0.39, 0.29) is 0 Å². The highest BCUT2D eigenvalue weighted by Gasteiger charge is 2.09. The fourth-order valence-electron chi connectivity index (χ4n) is 2.21. The van der Waals surface area contributed by atoms with Gasteiger partial charge in [-0.3, -0.25) is 0 Å². The Morgan fingerprint density at radius 3 is 2.89 bits per heavy atom. The van der Waals surface area contributed by atoms with E-state index in [0.29, 0.717) is 0 Å². The first-order valence-corrected chi connectivity index (χ1v) is 6.53. The van der Waals surface area contributed by atoms with Crippen molar-refractivity contribution in [1.29, 1.82) is 0 Å². The number of hydrogen-bond donors (Lipinski definition) is 1. The van der Waals surface area contributed by atoms with Crippen molar-refractivity contribution in [2.75, 3.05) is 32.7 Å². The van der Waals surface area contributed by atoms with Gasteiger partial charge in [-0.1, -0.05) is 18.7 Å². The van der Waals surface area contributed by atoms with Gasteiger partial charge in [0.05, 0.1) is 0 Å². The first-order valence-electron chi connectivity index (χ1n) is 6.53. The largest absolute Gasteiger partial charge is 0.462 e. The van der Waals surface area contributed by atoms with Crippen LogP contribution < -0.4 is 16.0 Å². The molecule has 0 amide bonds.